The first kappa shape index (κ1) is 8.51. The molecule has 1 saturated heterocycles. The van der Waals surface area contributed by atoms with Gasteiger partial charge < -0.3 is 10.6 Å². The molecule has 0 radical (unpaired) electrons. The van der Waals surface area contributed by atoms with E-state index in [-0.39, 0.29) is 6.04 Å². The zero-order valence-electron chi connectivity index (χ0n) is 6.95. The van der Waals surface area contributed by atoms with Crippen LogP contribution in [0.1, 0.15) is 12.8 Å². The molecule has 1 rings (SSSR count). The number of rotatable bonds is 1. The molecular formula is C8H15N3. The summed E-state index contributed by atoms with van der Waals surface area (Å²) in [6.45, 7) is 2.02. The van der Waals surface area contributed by atoms with Crippen molar-refractivity contribution in [3.63, 3.8) is 0 Å². The Kier molecular flexibility index (Phi) is 2.86. The van der Waals surface area contributed by atoms with Crippen molar-refractivity contribution in [3.05, 3.63) is 0 Å². The fraction of sp³-hybridized carbons (Fsp3) is 0.875. The average Bonchev–Trinajstić information content (AvgIpc) is 1.95. The second kappa shape index (κ2) is 3.70. The third kappa shape index (κ3) is 2.18. The molecule has 62 valence electrons. The molecule has 2 N–H and O–H groups in total. The standard InChI is InChI=1S/C8H15N3/c1-11-5-3-7(2-4-9)8(10)6-11/h7-8H,2-3,5-6,10H2,1H3. The van der Waals surface area contributed by atoms with Crippen molar-refractivity contribution in [1.29, 1.82) is 5.26 Å². The van der Waals surface area contributed by atoms with E-state index in [1.165, 1.54) is 0 Å². The summed E-state index contributed by atoms with van der Waals surface area (Å²) >= 11 is 0. The molecule has 0 amide bonds. The highest BCUT2D eigenvalue weighted by Gasteiger charge is 2.23. The summed E-state index contributed by atoms with van der Waals surface area (Å²) in [5.74, 6) is 0.427. The number of nitrogens with zero attached hydrogens (tertiary/aromatic N) is 2. The number of nitrogens with two attached hydrogens (primary N) is 1. The van der Waals surface area contributed by atoms with Gasteiger partial charge in [0.25, 0.3) is 0 Å². The second-order valence-corrected chi connectivity index (χ2v) is 3.34. The molecular weight excluding hydrogens is 138 g/mol. The molecule has 1 fully saturated rings. The van der Waals surface area contributed by atoms with Gasteiger partial charge in [0.15, 0.2) is 0 Å². The van der Waals surface area contributed by atoms with E-state index < -0.39 is 0 Å². The van der Waals surface area contributed by atoms with Gasteiger partial charge in [-0.3, -0.25) is 0 Å². The Morgan fingerprint density at radius 1 is 1.73 bits per heavy atom. The maximum atomic E-state index is 8.48. The number of nitriles is 1. The zero-order chi connectivity index (χ0) is 8.27. The van der Waals surface area contributed by atoms with Crippen molar-refractivity contribution < 1.29 is 0 Å². The lowest BCUT2D eigenvalue weighted by Crippen LogP contribution is -2.46. The van der Waals surface area contributed by atoms with Crippen molar-refractivity contribution in [2.75, 3.05) is 20.1 Å². The van der Waals surface area contributed by atoms with E-state index in [1.807, 2.05) is 0 Å². The Hall–Kier alpha value is -0.590. The fourth-order valence-corrected chi connectivity index (χ4v) is 1.57. The van der Waals surface area contributed by atoms with Crippen molar-refractivity contribution >= 4 is 0 Å². The highest BCUT2D eigenvalue weighted by Crippen LogP contribution is 2.17. The predicted octanol–water partition coefficient (Wildman–Crippen LogP) is 0.179. The molecule has 1 heterocycles. The lowest BCUT2D eigenvalue weighted by Gasteiger charge is -2.33. The van der Waals surface area contributed by atoms with Crippen LogP contribution in [-0.2, 0) is 0 Å². The van der Waals surface area contributed by atoms with Crippen molar-refractivity contribution in [2.45, 2.75) is 18.9 Å². The van der Waals surface area contributed by atoms with Crippen molar-refractivity contribution in [3.8, 4) is 6.07 Å². The third-order valence-corrected chi connectivity index (χ3v) is 2.36. The SMILES string of the molecule is CN1CCC(CC#N)C(N)C1. The molecule has 0 saturated carbocycles. The number of likely N-dealkylation sites (tertiary alicyclic amines) is 1. The summed E-state index contributed by atoms with van der Waals surface area (Å²) in [6, 6.07) is 2.39. The molecule has 1 aliphatic heterocycles. The summed E-state index contributed by atoms with van der Waals surface area (Å²) in [6.07, 6.45) is 1.69. The molecule has 0 aromatic carbocycles. The quantitative estimate of drug-likeness (QED) is 0.584. The number of piperidine rings is 1. The molecule has 3 nitrogen and oxygen atoms in total. The molecule has 2 atom stereocenters. The van der Waals surface area contributed by atoms with Crippen LogP contribution in [-0.4, -0.2) is 31.1 Å². The summed E-state index contributed by atoms with van der Waals surface area (Å²) in [5.41, 5.74) is 5.86. The van der Waals surface area contributed by atoms with E-state index in [0.29, 0.717) is 12.3 Å². The maximum Gasteiger partial charge on any atom is 0.0625 e. The molecule has 0 aromatic heterocycles. The second-order valence-electron chi connectivity index (χ2n) is 3.34. The lowest BCUT2D eigenvalue weighted by molar-refractivity contribution is 0.193. The van der Waals surface area contributed by atoms with Gasteiger partial charge in [-0.05, 0) is 25.9 Å². The normalized spacial score (nSPS) is 33.2. The first-order chi connectivity index (χ1) is 5.24. The Balaban J connectivity index is 2.39. The smallest absolute Gasteiger partial charge is 0.0625 e. The Labute approximate surface area is 67.8 Å². The minimum Gasteiger partial charge on any atom is -0.326 e. The van der Waals surface area contributed by atoms with E-state index in [1.54, 1.807) is 0 Å². The van der Waals surface area contributed by atoms with Crippen LogP contribution >= 0.6 is 0 Å². The number of hydrogen-bond acceptors (Lipinski definition) is 3. The topological polar surface area (TPSA) is 53.0 Å². The van der Waals surface area contributed by atoms with Crippen LogP contribution in [0, 0.1) is 17.2 Å². The first-order valence-electron chi connectivity index (χ1n) is 4.05. The monoisotopic (exact) mass is 153 g/mol. The molecule has 0 aromatic rings. The predicted molar refractivity (Wildman–Crippen MR) is 43.8 cm³/mol. The molecule has 11 heavy (non-hydrogen) atoms. The summed E-state index contributed by atoms with van der Waals surface area (Å²) in [4.78, 5) is 2.22. The van der Waals surface area contributed by atoms with E-state index in [4.69, 9.17) is 11.0 Å². The van der Waals surface area contributed by atoms with Gasteiger partial charge in [-0.2, -0.15) is 5.26 Å². The minimum atomic E-state index is 0.202. The van der Waals surface area contributed by atoms with Crippen molar-refractivity contribution in [1.82, 2.24) is 4.90 Å². The largest absolute Gasteiger partial charge is 0.326 e. The van der Waals surface area contributed by atoms with Gasteiger partial charge in [0.1, 0.15) is 0 Å². The first-order valence-corrected chi connectivity index (χ1v) is 4.05. The molecule has 2 unspecified atom stereocenters. The Bertz CT molecular complexity index is 161. The Morgan fingerprint density at radius 3 is 3.00 bits per heavy atom. The van der Waals surface area contributed by atoms with Gasteiger partial charge in [-0.15, -0.1) is 0 Å². The fourth-order valence-electron chi connectivity index (χ4n) is 1.57. The average molecular weight is 153 g/mol. The van der Waals surface area contributed by atoms with Gasteiger partial charge in [0.2, 0.25) is 0 Å². The molecule has 0 spiro atoms. The summed E-state index contributed by atoms with van der Waals surface area (Å²) in [7, 11) is 2.07. The molecule has 1 aliphatic rings. The third-order valence-electron chi connectivity index (χ3n) is 2.36. The van der Waals surface area contributed by atoms with E-state index in [9.17, 15) is 0 Å². The molecule has 0 bridgehead atoms. The maximum absolute atomic E-state index is 8.48. The van der Waals surface area contributed by atoms with Crippen LogP contribution in [0.5, 0.6) is 0 Å². The van der Waals surface area contributed by atoms with Crippen molar-refractivity contribution in [2.24, 2.45) is 11.7 Å². The highest BCUT2D eigenvalue weighted by molar-refractivity contribution is 4.87. The van der Waals surface area contributed by atoms with Crippen LogP contribution in [0.4, 0.5) is 0 Å². The van der Waals surface area contributed by atoms with Gasteiger partial charge in [-0.1, -0.05) is 0 Å². The van der Waals surface area contributed by atoms with Gasteiger partial charge in [0.05, 0.1) is 6.07 Å². The van der Waals surface area contributed by atoms with E-state index in [0.717, 1.165) is 19.5 Å². The van der Waals surface area contributed by atoms with E-state index in [2.05, 4.69) is 18.0 Å². The minimum absolute atomic E-state index is 0.202. The van der Waals surface area contributed by atoms with Crippen LogP contribution in [0.3, 0.4) is 0 Å². The van der Waals surface area contributed by atoms with Crippen LogP contribution in [0.25, 0.3) is 0 Å². The van der Waals surface area contributed by atoms with E-state index >= 15 is 0 Å². The van der Waals surface area contributed by atoms with Crippen LogP contribution in [0.2, 0.25) is 0 Å². The van der Waals surface area contributed by atoms with Gasteiger partial charge in [0, 0.05) is 19.0 Å². The molecule has 3 heteroatoms. The Morgan fingerprint density at radius 2 is 2.45 bits per heavy atom. The van der Waals surface area contributed by atoms with Crippen LogP contribution < -0.4 is 5.73 Å². The molecule has 0 aliphatic carbocycles. The summed E-state index contributed by atoms with van der Waals surface area (Å²) < 4.78 is 0. The number of likely N-dealkylation sites (N-methyl/N-ethyl adjacent to an activating group) is 1. The highest BCUT2D eigenvalue weighted by atomic mass is 15.1. The van der Waals surface area contributed by atoms with Gasteiger partial charge in [-0.25, -0.2) is 0 Å². The summed E-state index contributed by atoms with van der Waals surface area (Å²) in [5, 5.41) is 8.48. The lowest BCUT2D eigenvalue weighted by atomic mass is 9.90. The zero-order valence-corrected chi connectivity index (χ0v) is 6.95. The number of hydrogen-bond donors (Lipinski definition) is 1. The van der Waals surface area contributed by atoms with Gasteiger partial charge >= 0.3 is 0 Å². The van der Waals surface area contributed by atoms with Crippen LogP contribution in [0.15, 0.2) is 0 Å².